The predicted octanol–water partition coefficient (Wildman–Crippen LogP) is 11.7. The molecule has 6 rings (SSSR count). The zero-order chi connectivity index (χ0) is 34.7. The minimum atomic E-state index is -0.715. The zero-order valence-corrected chi connectivity index (χ0v) is 31.0. The summed E-state index contributed by atoms with van der Waals surface area (Å²) in [6, 6.07) is 15.2. The highest BCUT2D eigenvalue weighted by Gasteiger charge is 2.55. The van der Waals surface area contributed by atoms with Gasteiger partial charge in [-0.1, -0.05) is 136 Å². The Bertz CT molecular complexity index is 1730. The van der Waals surface area contributed by atoms with E-state index in [2.05, 4.69) is 128 Å². The van der Waals surface area contributed by atoms with Crippen LogP contribution in [0.2, 0.25) is 0 Å². The highest BCUT2D eigenvalue weighted by atomic mass is 16.5. The summed E-state index contributed by atoms with van der Waals surface area (Å²) >= 11 is 0. The summed E-state index contributed by atoms with van der Waals surface area (Å²) in [7, 11) is 0. The first-order valence-corrected chi connectivity index (χ1v) is 18.8. The van der Waals surface area contributed by atoms with Gasteiger partial charge in [0.05, 0.1) is 26.4 Å². The molecular weight excluding hydrogens is 604 g/mol. The maximum absolute atomic E-state index is 7.16. The lowest BCUT2D eigenvalue weighted by molar-refractivity contribution is 0.0748. The highest BCUT2D eigenvalue weighted by Crippen LogP contribution is 2.65. The number of ether oxygens (including phenoxy) is 4. The Hall–Kier alpha value is -3.92. The monoisotopic (exact) mass is 660 g/mol. The van der Waals surface area contributed by atoms with Gasteiger partial charge in [0.25, 0.3) is 0 Å². The molecule has 4 nitrogen and oxygen atoms in total. The number of benzene rings is 2. The molecule has 0 N–H and O–H groups in total. The molecule has 0 saturated heterocycles. The van der Waals surface area contributed by atoms with E-state index in [0.29, 0.717) is 50.1 Å². The number of rotatable bonds is 16. The molecule has 2 aromatic carbocycles. The summed E-state index contributed by atoms with van der Waals surface area (Å²) in [6.07, 6.45) is 15.7. The van der Waals surface area contributed by atoms with Crippen LogP contribution in [0.3, 0.4) is 0 Å². The molecule has 4 aliphatic carbocycles. The first kappa shape index (κ1) is 34.9. The van der Waals surface area contributed by atoms with Crippen molar-refractivity contribution < 1.29 is 18.9 Å². The van der Waals surface area contributed by atoms with Gasteiger partial charge in [0.15, 0.2) is 11.5 Å². The minimum Gasteiger partial charge on any atom is -0.493 e. The van der Waals surface area contributed by atoms with Crippen LogP contribution in [-0.4, -0.2) is 26.4 Å². The Morgan fingerprint density at radius 3 is 1.84 bits per heavy atom. The fourth-order valence-electron chi connectivity index (χ4n) is 6.88. The minimum absolute atomic E-state index is 0.370. The van der Waals surface area contributed by atoms with E-state index in [-0.39, 0.29) is 0 Å². The van der Waals surface area contributed by atoms with Gasteiger partial charge >= 0.3 is 0 Å². The van der Waals surface area contributed by atoms with Crippen LogP contribution in [0.1, 0.15) is 103 Å². The molecule has 1 spiro atoms. The van der Waals surface area contributed by atoms with Crippen LogP contribution < -0.4 is 4.74 Å². The summed E-state index contributed by atoms with van der Waals surface area (Å²) in [5, 5.41) is 0. The summed E-state index contributed by atoms with van der Waals surface area (Å²) in [6.45, 7) is 20.3. The largest absolute Gasteiger partial charge is 0.493 e. The smallest absolute Gasteiger partial charge is 0.201 e. The van der Waals surface area contributed by atoms with E-state index < -0.39 is 5.41 Å². The molecule has 5 atom stereocenters. The molecule has 0 heterocycles. The standard InChI is InChI=1S/C45H56O4/c1-9-29(5)25-46-39-21-15-18-34-24-38-41(40(34)39)42(47-26-30(6)10-2)43(48-27-31(7)11-3)44(49-28-32(8)12-4)45(38)22-16-20-36-35-19-14-13-17-33(35)23-37(36)45/h13-24,29-32H,9-12,25-28H2,1-8H3. The molecule has 49 heavy (non-hydrogen) atoms. The van der Waals surface area contributed by atoms with Crippen molar-refractivity contribution in [3.05, 3.63) is 111 Å². The zero-order valence-electron chi connectivity index (χ0n) is 31.0. The molecule has 0 amide bonds. The summed E-state index contributed by atoms with van der Waals surface area (Å²) < 4.78 is 27.9. The second-order valence-corrected chi connectivity index (χ2v) is 14.8. The molecule has 0 radical (unpaired) electrons. The number of allylic oxidation sites excluding steroid dienone is 5. The van der Waals surface area contributed by atoms with Gasteiger partial charge < -0.3 is 18.9 Å². The van der Waals surface area contributed by atoms with Gasteiger partial charge in [-0.3, -0.25) is 0 Å². The van der Waals surface area contributed by atoms with Gasteiger partial charge in [0, 0.05) is 11.1 Å². The lowest BCUT2D eigenvalue weighted by atomic mass is 9.63. The van der Waals surface area contributed by atoms with Gasteiger partial charge in [0.2, 0.25) is 5.76 Å². The second kappa shape index (κ2) is 14.9. The quantitative estimate of drug-likeness (QED) is 0.180. The average Bonchev–Trinajstić information content (AvgIpc) is 3.72. The SMILES string of the molecule is CCC(C)COC1=C2C(=Cc3cccc(OCC(C)CC)c32)C2(C=CC=C3C2=Cc2ccccc23)C(OCC(C)CC)=C1OCC(C)CC. The highest BCUT2D eigenvalue weighted by molar-refractivity contribution is 6.07. The Morgan fingerprint density at radius 1 is 0.592 bits per heavy atom. The van der Waals surface area contributed by atoms with Crippen LogP contribution in [0.4, 0.5) is 0 Å². The Kier molecular flexibility index (Phi) is 10.6. The third-order valence-electron chi connectivity index (χ3n) is 11.0. The Morgan fingerprint density at radius 2 is 1.16 bits per heavy atom. The first-order valence-electron chi connectivity index (χ1n) is 18.8. The first-order chi connectivity index (χ1) is 23.8. The lowest BCUT2D eigenvalue weighted by Crippen LogP contribution is -2.35. The maximum Gasteiger partial charge on any atom is 0.201 e. The molecule has 0 aromatic heterocycles. The number of hydrogen-bond acceptors (Lipinski definition) is 4. The second-order valence-electron chi connectivity index (χ2n) is 14.8. The van der Waals surface area contributed by atoms with Crippen molar-refractivity contribution in [1.29, 1.82) is 0 Å². The summed E-state index contributed by atoms with van der Waals surface area (Å²) in [4.78, 5) is 0. The molecule has 5 unspecified atom stereocenters. The molecular formula is C45H56O4. The average molecular weight is 661 g/mol. The molecule has 2 aromatic rings. The van der Waals surface area contributed by atoms with E-state index in [1.165, 1.54) is 22.3 Å². The third-order valence-corrected chi connectivity index (χ3v) is 11.0. The van der Waals surface area contributed by atoms with Crippen LogP contribution >= 0.6 is 0 Å². The third kappa shape index (κ3) is 6.44. The molecule has 0 fully saturated rings. The molecule has 260 valence electrons. The van der Waals surface area contributed by atoms with E-state index >= 15 is 0 Å². The van der Waals surface area contributed by atoms with Crippen molar-refractivity contribution in [2.24, 2.45) is 29.1 Å². The van der Waals surface area contributed by atoms with Crippen molar-refractivity contribution in [3.63, 3.8) is 0 Å². The topological polar surface area (TPSA) is 36.9 Å². The van der Waals surface area contributed by atoms with Crippen molar-refractivity contribution in [1.82, 2.24) is 0 Å². The van der Waals surface area contributed by atoms with Crippen molar-refractivity contribution in [2.75, 3.05) is 26.4 Å². The summed E-state index contributed by atoms with van der Waals surface area (Å²) in [5.74, 6) is 4.81. The molecule has 0 aliphatic heterocycles. The van der Waals surface area contributed by atoms with Gasteiger partial charge in [-0.05, 0) is 75.3 Å². The van der Waals surface area contributed by atoms with E-state index in [4.69, 9.17) is 18.9 Å². The van der Waals surface area contributed by atoms with Gasteiger partial charge in [-0.25, -0.2) is 0 Å². The van der Waals surface area contributed by atoms with Crippen molar-refractivity contribution in [2.45, 2.75) is 81.1 Å². The number of hydrogen-bond donors (Lipinski definition) is 0. The maximum atomic E-state index is 7.16. The van der Waals surface area contributed by atoms with Crippen LogP contribution in [0.25, 0.3) is 23.3 Å². The van der Waals surface area contributed by atoms with Gasteiger partial charge in [0.1, 0.15) is 11.2 Å². The number of fused-ring (bicyclic) bond motifs is 8. The fraction of sp³-hybridized carbons (Fsp3) is 0.467. The van der Waals surface area contributed by atoms with Crippen LogP contribution in [0.15, 0.2) is 89.1 Å². The predicted molar refractivity (Wildman–Crippen MR) is 204 cm³/mol. The molecule has 0 bridgehead atoms. The Labute approximate surface area is 295 Å². The van der Waals surface area contributed by atoms with Crippen molar-refractivity contribution in [3.8, 4) is 5.75 Å². The molecule has 4 aliphatic rings. The molecule has 0 saturated carbocycles. The van der Waals surface area contributed by atoms with Gasteiger partial charge in [-0.15, -0.1) is 0 Å². The normalized spacial score (nSPS) is 21.2. The van der Waals surface area contributed by atoms with Crippen LogP contribution in [-0.2, 0) is 14.2 Å². The Balaban J connectivity index is 1.64. The van der Waals surface area contributed by atoms with E-state index in [0.717, 1.165) is 71.0 Å². The lowest BCUT2D eigenvalue weighted by Gasteiger charge is -2.43. The summed E-state index contributed by atoms with van der Waals surface area (Å²) in [5.41, 5.74) is 8.68. The van der Waals surface area contributed by atoms with Crippen LogP contribution in [0, 0.1) is 29.1 Å². The molecule has 4 heteroatoms. The van der Waals surface area contributed by atoms with Gasteiger partial charge in [-0.2, -0.15) is 0 Å². The fourth-order valence-corrected chi connectivity index (χ4v) is 6.88. The van der Waals surface area contributed by atoms with E-state index in [1.807, 2.05) is 0 Å². The van der Waals surface area contributed by atoms with Crippen molar-refractivity contribution >= 4 is 23.3 Å². The van der Waals surface area contributed by atoms with E-state index in [1.54, 1.807) is 0 Å². The van der Waals surface area contributed by atoms with E-state index in [9.17, 15) is 0 Å². The van der Waals surface area contributed by atoms with Crippen LogP contribution in [0.5, 0.6) is 5.75 Å².